The largest absolute Gasteiger partial charge is 0.480 e. The lowest BCUT2D eigenvalue weighted by Gasteiger charge is -2.19. The van der Waals surface area contributed by atoms with Crippen molar-refractivity contribution >= 4 is 17.9 Å². The third-order valence-electron chi connectivity index (χ3n) is 3.21. The molecule has 0 aliphatic heterocycles. The Morgan fingerprint density at radius 3 is 2.40 bits per heavy atom. The second kappa shape index (κ2) is 8.52. The van der Waals surface area contributed by atoms with Crippen molar-refractivity contribution in [1.29, 1.82) is 0 Å². The van der Waals surface area contributed by atoms with Gasteiger partial charge >= 0.3 is 12.0 Å². The zero-order valence-electron chi connectivity index (χ0n) is 11.9. The van der Waals surface area contributed by atoms with Gasteiger partial charge in [0.1, 0.15) is 0 Å². The van der Waals surface area contributed by atoms with Crippen LogP contribution in [0.25, 0.3) is 0 Å². The Kier molecular flexibility index (Phi) is 7.00. The molecule has 0 atom stereocenters. The molecule has 0 saturated heterocycles. The van der Waals surface area contributed by atoms with Gasteiger partial charge in [-0.05, 0) is 25.8 Å². The van der Waals surface area contributed by atoms with Gasteiger partial charge in [-0.3, -0.25) is 19.8 Å². The van der Waals surface area contributed by atoms with Gasteiger partial charge in [0.05, 0.1) is 13.1 Å². The average Bonchev–Trinajstić information content (AvgIpc) is 2.80. The maximum atomic E-state index is 11.7. The number of carboxylic acid groups (broad SMARTS) is 1. The first kappa shape index (κ1) is 16.4. The number of carbonyl (C=O) groups is 3. The van der Waals surface area contributed by atoms with Crippen molar-refractivity contribution in [3.63, 3.8) is 0 Å². The molecule has 0 aromatic rings. The molecule has 0 unspecified atom stereocenters. The molecule has 0 aromatic heterocycles. The third kappa shape index (κ3) is 6.51. The molecule has 1 saturated carbocycles. The van der Waals surface area contributed by atoms with Crippen molar-refractivity contribution in [2.75, 3.05) is 19.6 Å². The van der Waals surface area contributed by atoms with E-state index in [9.17, 15) is 14.4 Å². The minimum absolute atomic E-state index is 0.0851. The summed E-state index contributed by atoms with van der Waals surface area (Å²) in [6.07, 6.45) is 4.84. The number of aliphatic carboxylic acids is 1. The lowest BCUT2D eigenvalue weighted by Crippen LogP contribution is -2.47. The number of hydrogen-bond acceptors (Lipinski definition) is 4. The van der Waals surface area contributed by atoms with Crippen LogP contribution in [0.2, 0.25) is 0 Å². The smallest absolute Gasteiger partial charge is 0.321 e. The highest BCUT2D eigenvalue weighted by Crippen LogP contribution is 2.17. The number of nitrogens with one attached hydrogen (secondary N) is 2. The molecular formula is C13H23N3O4. The van der Waals surface area contributed by atoms with E-state index in [0.29, 0.717) is 6.54 Å². The Bertz CT molecular complexity index is 354. The molecule has 1 aliphatic rings. The van der Waals surface area contributed by atoms with E-state index in [1.807, 2.05) is 6.92 Å². The minimum atomic E-state index is -0.985. The number of carbonyl (C=O) groups excluding carboxylic acids is 2. The van der Waals surface area contributed by atoms with Crippen molar-refractivity contribution in [3.8, 4) is 0 Å². The highest BCUT2D eigenvalue weighted by molar-refractivity contribution is 5.95. The molecule has 7 nitrogen and oxygen atoms in total. The molecule has 0 spiro atoms. The van der Waals surface area contributed by atoms with Gasteiger partial charge in [0.25, 0.3) is 0 Å². The second-order valence-corrected chi connectivity index (χ2v) is 5.11. The monoisotopic (exact) mass is 285 g/mol. The molecule has 7 heteroatoms. The first-order valence-electron chi connectivity index (χ1n) is 7.05. The maximum Gasteiger partial charge on any atom is 0.321 e. The summed E-state index contributed by atoms with van der Waals surface area (Å²) in [5.74, 6) is -1.46. The van der Waals surface area contributed by atoms with Crippen LogP contribution < -0.4 is 10.6 Å². The molecule has 1 rings (SSSR count). The molecule has 3 N–H and O–H groups in total. The summed E-state index contributed by atoms with van der Waals surface area (Å²) in [7, 11) is 0. The molecular weight excluding hydrogens is 262 g/mol. The maximum absolute atomic E-state index is 11.7. The second-order valence-electron chi connectivity index (χ2n) is 5.11. The summed E-state index contributed by atoms with van der Waals surface area (Å²) in [6, 6.07) is -0.345. The van der Waals surface area contributed by atoms with Crippen molar-refractivity contribution in [1.82, 2.24) is 15.5 Å². The third-order valence-corrected chi connectivity index (χ3v) is 3.21. The summed E-state index contributed by atoms with van der Waals surface area (Å²) in [5, 5.41) is 13.7. The van der Waals surface area contributed by atoms with Crippen molar-refractivity contribution in [3.05, 3.63) is 0 Å². The van der Waals surface area contributed by atoms with Crippen LogP contribution in [0.15, 0.2) is 0 Å². The Morgan fingerprint density at radius 2 is 1.85 bits per heavy atom. The fraction of sp³-hybridized carbons (Fsp3) is 0.769. The number of rotatable bonds is 7. The Hall–Kier alpha value is -1.63. The summed E-state index contributed by atoms with van der Waals surface area (Å²) < 4.78 is 0. The Morgan fingerprint density at radius 1 is 1.20 bits per heavy atom. The number of nitrogens with zero attached hydrogens (tertiary/aromatic N) is 1. The Labute approximate surface area is 118 Å². The molecule has 0 aromatic carbocycles. The fourth-order valence-corrected chi connectivity index (χ4v) is 2.38. The van der Waals surface area contributed by atoms with Gasteiger partial charge in [0, 0.05) is 6.04 Å². The predicted molar refractivity (Wildman–Crippen MR) is 73.3 cm³/mol. The lowest BCUT2D eigenvalue weighted by molar-refractivity contribution is -0.138. The molecule has 0 bridgehead atoms. The fourth-order valence-electron chi connectivity index (χ4n) is 2.38. The normalized spacial score (nSPS) is 15.3. The van der Waals surface area contributed by atoms with Crippen molar-refractivity contribution in [2.45, 2.75) is 45.1 Å². The number of imide groups is 1. The molecule has 0 heterocycles. The highest BCUT2D eigenvalue weighted by Gasteiger charge is 2.19. The first-order valence-corrected chi connectivity index (χ1v) is 7.05. The number of urea groups is 1. The van der Waals surface area contributed by atoms with Gasteiger partial charge in [-0.15, -0.1) is 0 Å². The Balaban J connectivity index is 2.31. The van der Waals surface area contributed by atoms with Crippen LogP contribution in [0, 0.1) is 0 Å². The van der Waals surface area contributed by atoms with Crippen LogP contribution in [0.5, 0.6) is 0 Å². The standard InChI is InChI=1S/C13H23N3O4/c1-2-7-16(9-12(18)19)8-11(17)15-13(20)14-10-5-3-4-6-10/h10H,2-9H2,1H3,(H,18,19)(H2,14,15,17,20). The van der Waals surface area contributed by atoms with Crippen molar-refractivity contribution in [2.24, 2.45) is 0 Å². The van der Waals surface area contributed by atoms with E-state index in [4.69, 9.17) is 5.11 Å². The van der Waals surface area contributed by atoms with Crippen molar-refractivity contribution < 1.29 is 19.5 Å². The molecule has 1 fully saturated rings. The van der Waals surface area contributed by atoms with Crippen LogP contribution >= 0.6 is 0 Å². The van der Waals surface area contributed by atoms with Crippen LogP contribution in [0.3, 0.4) is 0 Å². The molecule has 1 aliphatic carbocycles. The van der Waals surface area contributed by atoms with E-state index in [-0.39, 0.29) is 19.1 Å². The topological polar surface area (TPSA) is 98.7 Å². The molecule has 20 heavy (non-hydrogen) atoms. The lowest BCUT2D eigenvalue weighted by atomic mass is 10.2. The average molecular weight is 285 g/mol. The van der Waals surface area contributed by atoms with E-state index in [1.54, 1.807) is 0 Å². The molecule has 114 valence electrons. The van der Waals surface area contributed by atoms with Gasteiger partial charge in [-0.1, -0.05) is 19.8 Å². The van der Waals surface area contributed by atoms with Gasteiger partial charge in [0.2, 0.25) is 5.91 Å². The minimum Gasteiger partial charge on any atom is -0.480 e. The predicted octanol–water partition coefficient (Wildman–Crippen LogP) is 0.551. The molecule has 0 radical (unpaired) electrons. The van der Waals surface area contributed by atoms with Gasteiger partial charge in [-0.2, -0.15) is 0 Å². The number of amides is 3. The molecule has 3 amide bonds. The van der Waals surface area contributed by atoms with E-state index in [2.05, 4.69) is 10.6 Å². The van der Waals surface area contributed by atoms with Gasteiger partial charge < -0.3 is 10.4 Å². The number of carboxylic acids is 1. The van der Waals surface area contributed by atoms with Crippen LogP contribution in [0.1, 0.15) is 39.0 Å². The zero-order chi connectivity index (χ0) is 15.0. The van der Waals surface area contributed by atoms with Crippen LogP contribution in [-0.2, 0) is 9.59 Å². The quantitative estimate of drug-likeness (QED) is 0.634. The summed E-state index contributed by atoms with van der Waals surface area (Å²) in [5.41, 5.74) is 0. The first-order chi connectivity index (χ1) is 9.51. The van der Waals surface area contributed by atoms with Crippen LogP contribution in [0.4, 0.5) is 4.79 Å². The highest BCUT2D eigenvalue weighted by atomic mass is 16.4. The van der Waals surface area contributed by atoms with E-state index < -0.39 is 17.9 Å². The van der Waals surface area contributed by atoms with E-state index >= 15 is 0 Å². The van der Waals surface area contributed by atoms with Gasteiger partial charge in [-0.25, -0.2) is 4.79 Å². The number of hydrogen-bond donors (Lipinski definition) is 3. The SMILES string of the molecule is CCCN(CC(=O)O)CC(=O)NC(=O)NC1CCCC1. The van der Waals surface area contributed by atoms with Crippen LogP contribution in [-0.4, -0.2) is 53.6 Å². The van der Waals surface area contributed by atoms with Gasteiger partial charge in [0.15, 0.2) is 0 Å². The summed E-state index contributed by atoms with van der Waals surface area (Å²) >= 11 is 0. The zero-order valence-corrected chi connectivity index (χ0v) is 11.9. The summed E-state index contributed by atoms with van der Waals surface area (Å²) in [4.78, 5) is 35.4. The van der Waals surface area contributed by atoms with E-state index in [1.165, 1.54) is 4.90 Å². The summed E-state index contributed by atoms with van der Waals surface area (Å²) in [6.45, 7) is 2.12. The van der Waals surface area contributed by atoms with E-state index in [0.717, 1.165) is 32.1 Å².